The molecule has 1 aromatic rings. The summed E-state index contributed by atoms with van der Waals surface area (Å²) in [7, 11) is 3.86. The summed E-state index contributed by atoms with van der Waals surface area (Å²) in [5.74, 6) is 1.98. The van der Waals surface area contributed by atoms with E-state index in [2.05, 4.69) is 53.5 Å². The number of nitrogens with one attached hydrogen (secondary N) is 2. The fourth-order valence-electron chi connectivity index (χ4n) is 1.60. The summed E-state index contributed by atoms with van der Waals surface area (Å²) >= 11 is 0. The van der Waals surface area contributed by atoms with Crippen molar-refractivity contribution in [2.24, 2.45) is 4.99 Å². The van der Waals surface area contributed by atoms with E-state index >= 15 is 0 Å². The Labute approximate surface area is 144 Å². The lowest BCUT2D eigenvalue weighted by Gasteiger charge is -2.15. The molecule has 0 radical (unpaired) electrons. The molecule has 0 aliphatic rings. The first-order chi connectivity index (χ1) is 9.56. The molecular weight excluding hydrogens is 381 g/mol. The predicted octanol–water partition coefficient (Wildman–Crippen LogP) is 2.03. The van der Waals surface area contributed by atoms with E-state index in [0.717, 1.165) is 37.0 Å². The van der Waals surface area contributed by atoms with Gasteiger partial charge in [-0.3, -0.25) is 4.99 Å². The molecule has 0 saturated carbocycles. The summed E-state index contributed by atoms with van der Waals surface area (Å²) in [6.45, 7) is 9.81. The highest BCUT2D eigenvalue weighted by atomic mass is 127. The Hall–Kier alpha value is -0.830. The SMILES string of the molecule is CCN(C)CCNC(=NC)NCc1cc(C(C)C)no1.I. The summed E-state index contributed by atoms with van der Waals surface area (Å²) in [6, 6.07) is 1.98. The van der Waals surface area contributed by atoms with E-state index in [4.69, 9.17) is 4.52 Å². The lowest BCUT2D eigenvalue weighted by Crippen LogP contribution is -2.40. The van der Waals surface area contributed by atoms with E-state index < -0.39 is 0 Å². The highest BCUT2D eigenvalue weighted by molar-refractivity contribution is 14.0. The van der Waals surface area contributed by atoms with Gasteiger partial charge in [-0.05, 0) is 19.5 Å². The molecule has 0 unspecified atom stereocenters. The van der Waals surface area contributed by atoms with Crippen molar-refractivity contribution in [1.29, 1.82) is 0 Å². The van der Waals surface area contributed by atoms with Crippen LogP contribution < -0.4 is 10.6 Å². The maximum atomic E-state index is 5.28. The zero-order valence-electron chi connectivity index (χ0n) is 13.6. The molecule has 1 aromatic heterocycles. The van der Waals surface area contributed by atoms with Crippen molar-refractivity contribution >= 4 is 29.9 Å². The second-order valence-corrected chi connectivity index (χ2v) is 5.12. The lowest BCUT2D eigenvalue weighted by atomic mass is 10.1. The fraction of sp³-hybridized carbons (Fsp3) is 0.714. The minimum atomic E-state index is 0. The largest absolute Gasteiger partial charge is 0.359 e. The van der Waals surface area contributed by atoms with Crippen LogP contribution in [0, 0.1) is 0 Å². The molecule has 0 amide bonds. The van der Waals surface area contributed by atoms with Gasteiger partial charge in [0.15, 0.2) is 11.7 Å². The summed E-state index contributed by atoms with van der Waals surface area (Å²) < 4.78 is 5.28. The van der Waals surface area contributed by atoms with Gasteiger partial charge < -0.3 is 20.1 Å². The zero-order valence-corrected chi connectivity index (χ0v) is 16.0. The Kier molecular flexibility index (Phi) is 10.4. The Morgan fingerprint density at radius 3 is 2.67 bits per heavy atom. The Balaban J connectivity index is 0.00000400. The number of aliphatic imine (C=N–C) groups is 1. The average molecular weight is 409 g/mol. The quantitative estimate of drug-likeness (QED) is 0.410. The molecule has 0 aliphatic heterocycles. The number of nitrogens with zero attached hydrogens (tertiary/aromatic N) is 3. The van der Waals surface area contributed by atoms with Gasteiger partial charge in [0.2, 0.25) is 0 Å². The van der Waals surface area contributed by atoms with E-state index in [1.165, 1.54) is 0 Å². The molecule has 6 nitrogen and oxygen atoms in total. The fourth-order valence-corrected chi connectivity index (χ4v) is 1.60. The molecule has 2 N–H and O–H groups in total. The summed E-state index contributed by atoms with van der Waals surface area (Å²) in [5, 5.41) is 10.5. The van der Waals surface area contributed by atoms with Crippen molar-refractivity contribution in [3.63, 3.8) is 0 Å². The maximum Gasteiger partial charge on any atom is 0.191 e. The summed E-state index contributed by atoms with van der Waals surface area (Å²) in [6.07, 6.45) is 0. The molecule has 0 spiro atoms. The molecule has 0 saturated heterocycles. The third-order valence-electron chi connectivity index (χ3n) is 3.15. The normalized spacial score (nSPS) is 11.7. The van der Waals surface area contributed by atoms with Crippen molar-refractivity contribution in [2.45, 2.75) is 33.2 Å². The lowest BCUT2D eigenvalue weighted by molar-refractivity contribution is 0.356. The molecule has 1 heterocycles. The molecule has 122 valence electrons. The summed E-state index contributed by atoms with van der Waals surface area (Å²) in [5.41, 5.74) is 0.981. The highest BCUT2D eigenvalue weighted by Gasteiger charge is 2.08. The van der Waals surface area contributed by atoms with Crippen LogP contribution in [0.25, 0.3) is 0 Å². The van der Waals surface area contributed by atoms with Crippen LogP contribution in [0.5, 0.6) is 0 Å². The Morgan fingerprint density at radius 1 is 1.43 bits per heavy atom. The van der Waals surface area contributed by atoms with Gasteiger partial charge in [-0.1, -0.05) is 25.9 Å². The minimum absolute atomic E-state index is 0. The molecular formula is C14H28IN5O. The van der Waals surface area contributed by atoms with Crippen molar-refractivity contribution in [3.05, 3.63) is 17.5 Å². The predicted molar refractivity (Wildman–Crippen MR) is 97.4 cm³/mol. The number of rotatable bonds is 7. The van der Waals surface area contributed by atoms with Crippen LogP contribution in [0.15, 0.2) is 15.6 Å². The molecule has 7 heteroatoms. The molecule has 0 aliphatic carbocycles. The number of likely N-dealkylation sites (N-methyl/N-ethyl adjacent to an activating group) is 1. The second-order valence-electron chi connectivity index (χ2n) is 5.12. The number of hydrogen-bond acceptors (Lipinski definition) is 4. The number of aromatic nitrogens is 1. The molecule has 21 heavy (non-hydrogen) atoms. The van der Waals surface area contributed by atoms with Crippen LogP contribution in [-0.4, -0.2) is 49.7 Å². The van der Waals surface area contributed by atoms with E-state index in [1.807, 2.05) is 6.07 Å². The zero-order chi connectivity index (χ0) is 15.0. The van der Waals surface area contributed by atoms with Gasteiger partial charge in [0.05, 0.1) is 12.2 Å². The minimum Gasteiger partial charge on any atom is -0.359 e. The molecule has 0 aromatic carbocycles. The Morgan fingerprint density at radius 2 is 2.14 bits per heavy atom. The van der Waals surface area contributed by atoms with Crippen LogP contribution in [-0.2, 0) is 6.54 Å². The summed E-state index contributed by atoms with van der Waals surface area (Å²) in [4.78, 5) is 6.42. The maximum absolute atomic E-state index is 5.28. The number of hydrogen-bond donors (Lipinski definition) is 2. The molecule has 0 bridgehead atoms. The molecule has 0 atom stereocenters. The van der Waals surface area contributed by atoms with Crippen LogP contribution in [0.3, 0.4) is 0 Å². The standard InChI is InChI=1S/C14H27N5O.HI/c1-6-19(5)8-7-16-14(15-4)17-10-12-9-13(11(2)3)18-20-12;/h9,11H,6-8,10H2,1-5H3,(H2,15,16,17);1H. The van der Waals surface area contributed by atoms with Crippen molar-refractivity contribution in [1.82, 2.24) is 20.7 Å². The van der Waals surface area contributed by atoms with Crippen molar-refractivity contribution < 1.29 is 4.52 Å². The number of guanidine groups is 1. The van der Waals surface area contributed by atoms with E-state index in [-0.39, 0.29) is 24.0 Å². The third kappa shape index (κ3) is 7.66. The van der Waals surface area contributed by atoms with Gasteiger partial charge in [0, 0.05) is 26.2 Å². The molecule has 0 fully saturated rings. The molecule has 1 rings (SSSR count). The first-order valence-electron chi connectivity index (χ1n) is 7.15. The average Bonchev–Trinajstić information content (AvgIpc) is 2.91. The van der Waals surface area contributed by atoms with Crippen molar-refractivity contribution in [3.8, 4) is 0 Å². The van der Waals surface area contributed by atoms with Gasteiger partial charge in [0.1, 0.15) is 0 Å². The monoisotopic (exact) mass is 409 g/mol. The number of halogens is 1. The van der Waals surface area contributed by atoms with Crippen LogP contribution in [0.4, 0.5) is 0 Å². The van der Waals surface area contributed by atoms with Gasteiger partial charge in [-0.25, -0.2) is 0 Å². The van der Waals surface area contributed by atoms with Crippen molar-refractivity contribution in [2.75, 3.05) is 33.7 Å². The smallest absolute Gasteiger partial charge is 0.191 e. The van der Waals surface area contributed by atoms with E-state index in [1.54, 1.807) is 7.05 Å². The van der Waals surface area contributed by atoms with Gasteiger partial charge >= 0.3 is 0 Å². The third-order valence-corrected chi connectivity index (χ3v) is 3.15. The first-order valence-corrected chi connectivity index (χ1v) is 7.15. The van der Waals surface area contributed by atoms with Gasteiger partial charge in [0.25, 0.3) is 0 Å². The van der Waals surface area contributed by atoms with Crippen LogP contribution >= 0.6 is 24.0 Å². The van der Waals surface area contributed by atoms with Gasteiger partial charge in [-0.15, -0.1) is 24.0 Å². The second kappa shape index (κ2) is 10.8. The van der Waals surface area contributed by atoms with Gasteiger partial charge in [-0.2, -0.15) is 0 Å². The van der Waals surface area contributed by atoms with Crippen LogP contribution in [0.2, 0.25) is 0 Å². The highest BCUT2D eigenvalue weighted by Crippen LogP contribution is 2.13. The van der Waals surface area contributed by atoms with E-state index in [9.17, 15) is 0 Å². The van der Waals surface area contributed by atoms with E-state index in [0.29, 0.717) is 12.5 Å². The topological polar surface area (TPSA) is 65.7 Å². The first kappa shape index (κ1) is 20.2. The van der Waals surface area contributed by atoms with Crippen LogP contribution in [0.1, 0.15) is 38.1 Å². The Bertz CT molecular complexity index is 419.